The van der Waals surface area contributed by atoms with Gasteiger partial charge in [0.05, 0.1) is 51.6 Å². The lowest BCUT2D eigenvalue weighted by Gasteiger charge is -2.11. The highest BCUT2D eigenvalue weighted by molar-refractivity contribution is 8.00. The molecule has 12 nitrogen and oxygen atoms in total. The Labute approximate surface area is 320 Å². The summed E-state index contributed by atoms with van der Waals surface area (Å²) in [7, 11) is 1.58. The van der Waals surface area contributed by atoms with E-state index in [9.17, 15) is 22.8 Å². The number of Topliss-reactive ketones (excluding diaryl/α,β-unsaturated/α-hetero) is 2. The van der Waals surface area contributed by atoms with Crippen molar-refractivity contribution in [1.29, 1.82) is 0 Å². The molecular formula is C34H38F3N9O3S4. The average Bonchev–Trinajstić information content (AvgIpc) is 3.62. The van der Waals surface area contributed by atoms with Crippen LogP contribution in [0.4, 0.5) is 19.0 Å². The molecule has 0 saturated heterocycles. The predicted octanol–water partition coefficient (Wildman–Crippen LogP) is 7.02. The van der Waals surface area contributed by atoms with Gasteiger partial charge in [0.1, 0.15) is 27.4 Å². The van der Waals surface area contributed by atoms with Crippen molar-refractivity contribution in [3.8, 4) is 5.75 Å². The minimum atomic E-state index is -4.73. The van der Waals surface area contributed by atoms with E-state index >= 15 is 0 Å². The van der Waals surface area contributed by atoms with Crippen molar-refractivity contribution in [2.75, 3.05) is 24.3 Å². The second-order valence-corrected chi connectivity index (χ2v) is 15.1. The number of aryl methyl sites for hydroxylation is 1. The van der Waals surface area contributed by atoms with Gasteiger partial charge in [-0.05, 0) is 50.1 Å². The summed E-state index contributed by atoms with van der Waals surface area (Å²) in [6, 6.07) is 9.12. The fourth-order valence-corrected chi connectivity index (χ4v) is 7.85. The van der Waals surface area contributed by atoms with Gasteiger partial charge in [0.25, 0.3) is 0 Å². The number of ketones is 2. The highest BCUT2D eigenvalue weighted by atomic mass is 32.2. The van der Waals surface area contributed by atoms with Crippen molar-refractivity contribution in [1.82, 2.24) is 24.9 Å². The molecule has 1 aliphatic carbocycles. The van der Waals surface area contributed by atoms with Crippen LogP contribution in [0.25, 0.3) is 11.0 Å². The van der Waals surface area contributed by atoms with Crippen LogP contribution < -0.4 is 21.9 Å². The normalized spacial score (nSPS) is 12.6. The standard InChI is InChI=1S/C16H16F3N5OS2.C16H16N4O2S2.C2H6/c17-16(18,19)15-23-13(21)10(6-22-8-1-2-8)14(24-15)26-7-11(25)12-4-3-9(5-20)27-12;1-9-19-15-12(5-10(22-2)7-18-15)16(20-9)23-8-13(21)14-4-3-11(6-17)24-14;1-2/h3-4,6,8H,1-2,5,7,20H2,(H2,21,23,24);3-5,7H,6,8,17H2,1-2H3;1-2H3. The molecule has 0 aromatic carbocycles. The van der Waals surface area contributed by atoms with Crippen molar-refractivity contribution < 1.29 is 27.5 Å². The van der Waals surface area contributed by atoms with Crippen LogP contribution in [0.3, 0.4) is 0 Å². The van der Waals surface area contributed by atoms with Gasteiger partial charge >= 0.3 is 6.18 Å². The van der Waals surface area contributed by atoms with E-state index in [1.54, 1.807) is 25.4 Å². The number of fused-ring (bicyclic) bond motifs is 1. The Morgan fingerprint density at radius 2 is 1.53 bits per heavy atom. The number of alkyl halides is 3. The van der Waals surface area contributed by atoms with Gasteiger partial charge in [0.15, 0.2) is 17.2 Å². The molecular weight excluding hydrogens is 768 g/mol. The Hall–Kier alpha value is -4.01. The summed E-state index contributed by atoms with van der Waals surface area (Å²) < 4.78 is 44.2. The maximum atomic E-state index is 13.0. The van der Waals surface area contributed by atoms with Gasteiger partial charge in [-0.1, -0.05) is 37.4 Å². The number of hydrogen-bond acceptors (Lipinski definition) is 16. The van der Waals surface area contributed by atoms with Gasteiger partial charge in [0, 0.05) is 29.1 Å². The first-order valence-corrected chi connectivity index (χ1v) is 19.8. The van der Waals surface area contributed by atoms with Crippen LogP contribution in [0.5, 0.6) is 5.75 Å². The molecule has 5 aromatic heterocycles. The summed E-state index contributed by atoms with van der Waals surface area (Å²) in [6.07, 6.45) is 0.150. The Kier molecular flexibility index (Phi) is 15.2. The summed E-state index contributed by atoms with van der Waals surface area (Å²) in [5, 5.41) is 1.50. The highest BCUT2D eigenvalue weighted by Gasteiger charge is 2.36. The van der Waals surface area contributed by atoms with Gasteiger partial charge in [-0.3, -0.25) is 14.6 Å². The molecule has 1 aliphatic rings. The number of nitrogen functional groups attached to an aromatic ring is 1. The number of carbonyl (C=O) groups is 2. The molecule has 1 saturated carbocycles. The zero-order valence-corrected chi connectivity index (χ0v) is 32.5. The van der Waals surface area contributed by atoms with E-state index < -0.39 is 12.0 Å². The van der Waals surface area contributed by atoms with E-state index in [1.165, 1.54) is 40.7 Å². The quantitative estimate of drug-likeness (QED) is 0.0476. The summed E-state index contributed by atoms with van der Waals surface area (Å²) >= 11 is 4.97. The van der Waals surface area contributed by atoms with Crippen LogP contribution in [0.1, 0.15) is 73.0 Å². The van der Waals surface area contributed by atoms with Crippen LogP contribution >= 0.6 is 46.2 Å². The number of aliphatic imine (C=N–C) groups is 1. The van der Waals surface area contributed by atoms with Gasteiger partial charge in [-0.15, -0.1) is 22.7 Å². The number of carbonyl (C=O) groups excluding carboxylic acids is 2. The molecule has 6 N–H and O–H groups in total. The molecule has 19 heteroatoms. The number of halogens is 3. The summed E-state index contributed by atoms with van der Waals surface area (Å²) in [4.78, 5) is 52.0. The topological polar surface area (TPSA) is 198 Å². The number of rotatable bonds is 13. The lowest BCUT2D eigenvalue weighted by Crippen LogP contribution is -2.15. The van der Waals surface area contributed by atoms with Crippen molar-refractivity contribution in [3.05, 3.63) is 73.2 Å². The fourth-order valence-electron chi connectivity index (χ4n) is 4.20. The number of ether oxygens (including phenoxy) is 1. The molecule has 53 heavy (non-hydrogen) atoms. The molecule has 6 rings (SSSR count). The first kappa shape index (κ1) is 41.7. The van der Waals surface area contributed by atoms with Crippen LogP contribution in [0, 0.1) is 6.92 Å². The van der Waals surface area contributed by atoms with E-state index in [-0.39, 0.29) is 39.8 Å². The molecule has 1 fully saturated rings. The largest absolute Gasteiger partial charge is 0.495 e. The van der Waals surface area contributed by atoms with Gasteiger partial charge in [-0.25, -0.2) is 24.9 Å². The lowest BCUT2D eigenvalue weighted by atomic mass is 10.3. The van der Waals surface area contributed by atoms with Gasteiger partial charge in [-0.2, -0.15) is 13.2 Å². The van der Waals surface area contributed by atoms with Crippen molar-refractivity contribution in [3.63, 3.8) is 0 Å². The number of anilines is 1. The third-order valence-electron chi connectivity index (χ3n) is 6.95. The highest BCUT2D eigenvalue weighted by Crippen LogP contribution is 2.33. The number of nitrogens with zero attached hydrogens (tertiary/aromatic N) is 6. The molecule has 0 amide bonds. The second kappa shape index (κ2) is 19.4. The molecule has 0 radical (unpaired) electrons. The number of thioether (sulfide) groups is 2. The minimum Gasteiger partial charge on any atom is -0.495 e. The zero-order valence-electron chi connectivity index (χ0n) is 29.3. The van der Waals surface area contributed by atoms with Crippen molar-refractivity contribution in [2.45, 2.75) is 69.0 Å². The first-order chi connectivity index (χ1) is 25.4. The Morgan fingerprint density at radius 1 is 0.943 bits per heavy atom. The van der Waals surface area contributed by atoms with Crippen LogP contribution in [-0.2, 0) is 19.3 Å². The smallest absolute Gasteiger partial charge is 0.451 e. The van der Waals surface area contributed by atoms with Crippen molar-refractivity contribution >= 4 is 80.8 Å². The molecule has 0 aliphatic heterocycles. The fraction of sp³-hybridized carbons (Fsp3) is 0.353. The Balaban J connectivity index is 0.000000228. The molecule has 0 bridgehead atoms. The molecule has 5 heterocycles. The third kappa shape index (κ3) is 11.7. The molecule has 0 atom stereocenters. The van der Waals surface area contributed by atoms with E-state index in [0.717, 1.165) is 44.8 Å². The number of aromatic nitrogens is 5. The summed E-state index contributed by atoms with van der Waals surface area (Å²) in [5.41, 5.74) is 17.6. The van der Waals surface area contributed by atoms with Crippen LogP contribution in [0.15, 0.2) is 51.6 Å². The lowest BCUT2D eigenvalue weighted by molar-refractivity contribution is -0.145. The van der Waals surface area contributed by atoms with Gasteiger partial charge < -0.3 is 21.9 Å². The SMILES string of the molecule is CC.COc1cnc2nc(C)nc(SCC(=O)c3ccc(CN)s3)c2c1.NCc1ccc(C(=O)CSc2nc(C(F)(F)F)nc(N)c2C=NC2CC2)s1. The summed E-state index contributed by atoms with van der Waals surface area (Å²) in [6.45, 7) is 6.58. The monoisotopic (exact) mass is 805 g/mol. The number of thiophene rings is 2. The minimum absolute atomic E-state index is 0.0109. The first-order valence-electron chi connectivity index (χ1n) is 16.2. The molecule has 5 aromatic rings. The maximum Gasteiger partial charge on any atom is 0.451 e. The van der Waals surface area contributed by atoms with Gasteiger partial charge in [0.2, 0.25) is 5.82 Å². The third-order valence-corrected chi connectivity index (χ3v) is 11.2. The van der Waals surface area contributed by atoms with Crippen molar-refractivity contribution in [2.24, 2.45) is 16.5 Å². The zero-order chi connectivity index (χ0) is 38.7. The van der Waals surface area contributed by atoms with Crippen LogP contribution in [0.2, 0.25) is 0 Å². The Morgan fingerprint density at radius 3 is 2.04 bits per heavy atom. The molecule has 0 unspecified atom stereocenters. The van der Waals surface area contributed by atoms with E-state index in [1.807, 2.05) is 39.0 Å². The number of methoxy groups -OCH3 is 1. The van der Waals surface area contributed by atoms with E-state index in [0.29, 0.717) is 45.8 Å². The predicted molar refractivity (Wildman–Crippen MR) is 207 cm³/mol. The van der Waals surface area contributed by atoms with Crippen LogP contribution in [-0.4, -0.2) is 67.4 Å². The number of hydrogen-bond donors (Lipinski definition) is 3. The summed E-state index contributed by atoms with van der Waals surface area (Å²) in [5.74, 6) is -0.329. The average molecular weight is 806 g/mol. The molecule has 282 valence electrons. The number of nitrogens with two attached hydrogens (primary N) is 3. The molecule has 0 spiro atoms. The van der Waals surface area contributed by atoms with E-state index in [2.05, 4.69) is 29.9 Å². The van der Waals surface area contributed by atoms with E-state index in [4.69, 9.17) is 21.9 Å². The Bertz CT molecular complexity index is 2070. The number of pyridine rings is 1. The second-order valence-electron chi connectivity index (χ2n) is 10.8. The maximum absolute atomic E-state index is 13.0.